The van der Waals surface area contributed by atoms with Gasteiger partial charge in [0.05, 0.1) is 7.11 Å². The first kappa shape index (κ1) is 15.5. The number of nitrogens with one attached hydrogen (secondary N) is 1. The van der Waals surface area contributed by atoms with Gasteiger partial charge in [-0.1, -0.05) is 17.7 Å². The molecule has 0 unspecified atom stereocenters. The molecule has 0 saturated heterocycles. The third-order valence-electron chi connectivity index (χ3n) is 3.46. The fourth-order valence-corrected chi connectivity index (χ4v) is 2.58. The molecule has 1 N–H and O–H groups in total. The van der Waals surface area contributed by atoms with Gasteiger partial charge in [-0.25, -0.2) is 9.67 Å². The van der Waals surface area contributed by atoms with Crippen molar-refractivity contribution in [1.29, 1.82) is 0 Å². The Morgan fingerprint density at radius 3 is 2.78 bits per heavy atom. The maximum absolute atomic E-state index is 6.06. The summed E-state index contributed by atoms with van der Waals surface area (Å²) in [5.74, 6) is 1.64. The molecule has 6 heteroatoms. The lowest BCUT2D eigenvalue weighted by atomic mass is 10.2. The van der Waals surface area contributed by atoms with Crippen LogP contribution in [0.1, 0.15) is 11.1 Å². The highest BCUT2D eigenvalue weighted by molar-refractivity contribution is 6.30. The molecule has 1 aromatic carbocycles. The molecular weight excluding hydrogens is 312 g/mol. The molecule has 0 fully saturated rings. The zero-order valence-electron chi connectivity index (χ0n) is 12.7. The molecule has 118 valence electrons. The molecule has 0 radical (unpaired) electrons. The van der Waals surface area contributed by atoms with Crippen LogP contribution in [-0.4, -0.2) is 21.9 Å². The summed E-state index contributed by atoms with van der Waals surface area (Å²) in [5.41, 5.74) is 2.08. The predicted molar refractivity (Wildman–Crippen MR) is 89.9 cm³/mol. The monoisotopic (exact) mass is 328 g/mol. The Kier molecular flexibility index (Phi) is 4.90. The maximum Gasteiger partial charge on any atom is 0.157 e. The largest absolute Gasteiger partial charge is 0.496 e. The molecule has 0 atom stereocenters. The minimum atomic E-state index is 0.650. The lowest BCUT2D eigenvalue weighted by molar-refractivity contribution is 0.407. The molecule has 2 aromatic heterocycles. The molecular formula is C17H17ClN4O. The van der Waals surface area contributed by atoms with Gasteiger partial charge in [0.25, 0.3) is 0 Å². The number of ether oxygens (including phenoxy) is 1. The Balaban J connectivity index is 1.72. The first-order valence-corrected chi connectivity index (χ1v) is 7.63. The molecule has 0 saturated carbocycles. The Morgan fingerprint density at radius 2 is 2.00 bits per heavy atom. The zero-order valence-corrected chi connectivity index (χ0v) is 13.5. The average Bonchev–Trinajstić information content (AvgIpc) is 3.10. The summed E-state index contributed by atoms with van der Waals surface area (Å²) < 4.78 is 7.12. The van der Waals surface area contributed by atoms with Crippen LogP contribution in [0, 0.1) is 0 Å². The molecule has 5 nitrogen and oxygen atoms in total. The van der Waals surface area contributed by atoms with Gasteiger partial charge in [0, 0.05) is 47.8 Å². The van der Waals surface area contributed by atoms with Gasteiger partial charge < -0.3 is 10.1 Å². The Labute approximate surface area is 139 Å². The number of benzene rings is 1. The molecule has 0 aliphatic carbocycles. The second-order valence-electron chi connectivity index (χ2n) is 5.00. The number of hydrogen-bond donors (Lipinski definition) is 1. The summed E-state index contributed by atoms with van der Waals surface area (Å²) in [5, 5.41) is 8.34. The van der Waals surface area contributed by atoms with Crippen LogP contribution in [0.4, 0.5) is 0 Å². The van der Waals surface area contributed by atoms with E-state index in [9.17, 15) is 0 Å². The van der Waals surface area contributed by atoms with Gasteiger partial charge in [-0.05, 0) is 30.3 Å². The summed E-state index contributed by atoms with van der Waals surface area (Å²) in [6.45, 7) is 1.32. The summed E-state index contributed by atoms with van der Waals surface area (Å²) in [7, 11) is 1.66. The van der Waals surface area contributed by atoms with Crippen molar-refractivity contribution in [3.05, 3.63) is 71.1 Å². The van der Waals surface area contributed by atoms with Crippen molar-refractivity contribution in [3.63, 3.8) is 0 Å². The van der Waals surface area contributed by atoms with Crippen LogP contribution in [-0.2, 0) is 13.1 Å². The smallest absolute Gasteiger partial charge is 0.157 e. The van der Waals surface area contributed by atoms with Crippen LogP contribution in [0.3, 0.4) is 0 Å². The first-order valence-electron chi connectivity index (χ1n) is 7.25. The number of methoxy groups -OCH3 is 1. The van der Waals surface area contributed by atoms with E-state index in [4.69, 9.17) is 16.3 Å². The lowest BCUT2D eigenvalue weighted by Crippen LogP contribution is -2.16. The topological polar surface area (TPSA) is 52.0 Å². The number of aromatic nitrogens is 3. The molecule has 3 aromatic rings. The molecule has 3 rings (SSSR count). The zero-order chi connectivity index (χ0) is 16.1. The van der Waals surface area contributed by atoms with Crippen LogP contribution < -0.4 is 10.1 Å². The van der Waals surface area contributed by atoms with Crippen molar-refractivity contribution >= 4 is 11.6 Å². The molecule has 0 amide bonds. The second-order valence-corrected chi connectivity index (χ2v) is 5.43. The van der Waals surface area contributed by atoms with E-state index < -0.39 is 0 Å². The van der Waals surface area contributed by atoms with Gasteiger partial charge in [-0.15, -0.1) is 0 Å². The Hall–Kier alpha value is -2.37. The average molecular weight is 329 g/mol. The van der Waals surface area contributed by atoms with Crippen LogP contribution in [0.5, 0.6) is 5.75 Å². The second kappa shape index (κ2) is 7.26. The van der Waals surface area contributed by atoms with Crippen LogP contribution in [0.15, 0.2) is 55.0 Å². The van der Waals surface area contributed by atoms with E-state index in [-0.39, 0.29) is 0 Å². The summed E-state index contributed by atoms with van der Waals surface area (Å²) in [4.78, 5) is 4.41. The molecule has 2 heterocycles. The van der Waals surface area contributed by atoms with Crippen LogP contribution in [0.25, 0.3) is 5.82 Å². The van der Waals surface area contributed by atoms with Crippen LogP contribution >= 0.6 is 11.6 Å². The highest BCUT2D eigenvalue weighted by Gasteiger charge is 2.07. The normalized spacial score (nSPS) is 10.7. The molecule has 0 aliphatic rings. The predicted octanol–water partition coefficient (Wildman–Crippen LogP) is 3.22. The highest BCUT2D eigenvalue weighted by atomic mass is 35.5. The van der Waals surface area contributed by atoms with Gasteiger partial charge in [-0.2, -0.15) is 5.10 Å². The quantitative estimate of drug-likeness (QED) is 0.755. The summed E-state index contributed by atoms with van der Waals surface area (Å²) in [6, 6.07) is 11.4. The van der Waals surface area contributed by atoms with E-state index in [1.54, 1.807) is 24.2 Å². The number of hydrogen-bond acceptors (Lipinski definition) is 4. The Bertz CT molecular complexity index is 774. The third kappa shape index (κ3) is 3.70. The maximum atomic E-state index is 6.06. The van der Waals surface area contributed by atoms with Crippen molar-refractivity contribution < 1.29 is 4.74 Å². The van der Waals surface area contributed by atoms with Crippen molar-refractivity contribution in [3.8, 4) is 11.6 Å². The van der Waals surface area contributed by atoms with Gasteiger partial charge in [-0.3, -0.25) is 0 Å². The molecule has 0 bridgehead atoms. The highest BCUT2D eigenvalue weighted by Crippen LogP contribution is 2.22. The lowest BCUT2D eigenvalue weighted by Gasteiger charge is -2.12. The van der Waals surface area contributed by atoms with Crippen molar-refractivity contribution in [2.45, 2.75) is 13.1 Å². The van der Waals surface area contributed by atoms with Crippen molar-refractivity contribution in [1.82, 2.24) is 20.1 Å². The van der Waals surface area contributed by atoms with E-state index in [1.165, 1.54) is 0 Å². The first-order chi connectivity index (χ1) is 11.3. The standard InChI is InChI=1S/C17H17ClN4O/c1-23-16-6-5-15(18)10-14(16)12-19-11-13-4-2-7-20-17(13)22-9-3-8-21-22/h2-10,19H,11-12H2,1H3. The number of nitrogens with zero attached hydrogens (tertiary/aromatic N) is 3. The molecule has 0 spiro atoms. The van der Waals surface area contributed by atoms with Gasteiger partial charge in [0.1, 0.15) is 5.75 Å². The third-order valence-corrected chi connectivity index (χ3v) is 3.70. The fourth-order valence-electron chi connectivity index (χ4n) is 2.39. The number of pyridine rings is 1. The van der Waals surface area contributed by atoms with E-state index in [0.717, 1.165) is 22.7 Å². The minimum Gasteiger partial charge on any atom is -0.496 e. The van der Waals surface area contributed by atoms with Gasteiger partial charge in [0.15, 0.2) is 5.82 Å². The van der Waals surface area contributed by atoms with Gasteiger partial charge in [0.2, 0.25) is 0 Å². The molecule has 23 heavy (non-hydrogen) atoms. The Morgan fingerprint density at radius 1 is 1.13 bits per heavy atom. The number of halogens is 1. The fraction of sp³-hybridized carbons (Fsp3) is 0.176. The van der Waals surface area contributed by atoms with Crippen LogP contribution in [0.2, 0.25) is 5.02 Å². The van der Waals surface area contributed by atoms with Crippen molar-refractivity contribution in [2.24, 2.45) is 0 Å². The van der Waals surface area contributed by atoms with Crippen molar-refractivity contribution in [2.75, 3.05) is 7.11 Å². The SMILES string of the molecule is COc1ccc(Cl)cc1CNCc1cccnc1-n1cccn1. The van der Waals surface area contributed by atoms with E-state index in [0.29, 0.717) is 18.1 Å². The molecule has 0 aliphatic heterocycles. The summed E-state index contributed by atoms with van der Waals surface area (Å²) in [6.07, 6.45) is 5.38. The van der Waals surface area contributed by atoms with E-state index >= 15 is 0 Å². The van der Waals surface area contributed by atoms with E-state index in [1.807, 2.05) is 42.6 Å². The minimum absolute atomic E-state index is 0.650. The van der Waals surface area contributed by atoms with E-state index in [2.05, 4.69) is 15.4 Å². The summed E-state index contributed by atoms with van der Waals surface area (Å²) >= 11 is 6.06. The van der Waals surface area contributed by atoms with Gasteiger partial charge >= 0.3 is 0 Å². The number of rotatable bonds is 6.